The van der Waals surface area contributed by atoms with Crippen molar-refractivity contribution in [1.82, 2.24) is 5.16 Å². The molecular weight excluding hydrogens is 434 g/mol. The molecule has 2 aromatic carbocycles. The number of rotatable bonds is 10. The Bertz CT molecular complexity index is 1090. The van der Waals surface area contributed by atoms with Crippen molar-refractivity contribution in [2.24, 2.45) is 0 Å². The highest BCUT2D eigenvalue weighted by atomic mass is 19.4. The van der Waals surface area contributed by atoms with Gasteiger partial charge in [0, 0.05) is 12.0 Å². The highest BCUT2D eigenvalue weighted by molar-refractivity contribution is 5.85. The van der Waals surface area contributed by atoms with Gasteiger partial charge in [-0.1, -0.05) is 24.6 Å². The maximum absolute atomic E-state index is 14.0. The molecule has 1 aromatic heterocycles. The van der Waals surface area contributed by atoms with Crippen LogP contribution < -0.4 is 9.47 Å². The van der Waals surface area contributed by atoms with Crippen LogP contribution in [0.15, 0.2) is 34.9 Å². The van der Waals surface area contributed by atoms with Crippen LogP contribution in [0.25, 0.3) is 11.0 Å². The van der Waals surface area contributed by atoms with Gasteiger partial charge in [-0.15, -0.1) is 0 Å². The number of carbonyl (C=O) groups is 1. The number of hydrogen-bond acceptors (Lipinski definition) is 5. The van der Waals surface area contributed by atoms with Gasteiger partial charge in [0.05, 0.1) is 25.0 Å². The van der Waals surface area contributed by atoms with Crippen molar-refractivity contribution in [1.29, 1.82) is 0 Å². The zero-order valence-electron chi connectivity index (χ0n) is 17.2. The van der Waals surface area contributed by atoms with E-state index in [1.54, 1.807) is 0 Å². The normalized spacial score (nSPS) is 11.7. The van der Waals surface area contributed by atoms with Crippen LogP contribution in [-0.2, 0) is 23.8 Å². The molecule has 0 unspecified atom stereocenters. The molecule has 0 aliphatic rings. The molecule has 32 heavy (non-hydrogen) atoms. The van der Waals surface area contributed by atoms with Gasteiger partial charge in [-0.05, 0) is 36.2 Å². The Morgan fingerprint density at radius 1 is 1.12 bits per heavy atom. The Labute approximate surface area is 180 Å². The van der Waals surface area contributed by atoms with E-state index < -0.39 is 23.7 Å². The first-order valence-corrected chi connectivity index (χ1v) is 9.95. The minimum absolute atomic E-state index is 0.00595. The molecule has 172 valence electrons. The molecule has 0 aliphatic carbocycles. The first kappa shape index (κ1) is 23.4. The largest absolute Gasteiger partial charge is 0.493 e. The Morgan fingerprint density at radius 3 is 2.44 bits per heavy atom. The summed E-state index contributed by atoms with van der Waals surface area (Å²) in [5.74, 6) is -1.33. The third-order valence-corrected chi connectivity index (χ3v) is 4.62. The predicted molar refractivity (Wildman–Crippen MR) is 106 cm³/mol. The lowest BCUT2D eigenvalue weighted by molar-refractivity contribution is -0.141. The maximum atomic E-state index is 14.0. The van der Waals surface area contributed by atoms with Crippen molar-refractivity contribution in [2.75, 3.05) is 13.2 Å². The van der Waals surface area contributed by atoms with Gasteiger partial charge in [-0.3, -0.25) is 4.79 Å². The molecule has 10 heteroatoms. The van der Waals surface area contributed by atoms with Crippen molar-refractivity contribution in [3.8, 4) is 11.5 Å². The van der Waals surface area contributed by atoms with Crippen molar-refractivity contribution < 1.29 is 41.5 Å². The van der Waals surface area contributed by atoms with Crippen LogP contribution in [0.2, 0.25) is 0 Å². The van der Waals surface area contributed by atoms with Gasteiger partial charge >= 0.3 is 12.1 Å². The molecule has 0 saturated heterocycles. The number of aryl methyl sites for hydroxylation is 1. The van der Waals surface area contributed by atoms with Crippen LogP contribution in [-0.4, -0.2) is 29.4 Å². The summed E-state index contributed by atoms with van der Waals surface area (Å²) in [6, 6.07) is 6.68. The number of halogens is 4. The minimum Gasteiger partial charge on any atom is -0.493 e. The number of benzene rings is 2. The first-order chi connectivity index (χ1) is 15.2. The molecule has 0 bridgehead atoms. The molecule has 0 spiro atoms. The zero-order chi connectivity index (χ0) is 23.3. The Morgan fingerprint density at radius 2 is 1.81 bits per heavy atom. The number of fused-ring (bicyclic) bond motifs is 1. The lowest BCUT2D eigenvalue weighted by atomic mass is 10.0. The fraction of sp³-hybridized carbons (Fsp3) is 0.364. The van der Waals surface area contributed by atoms with E-state index in [1.807, 2.05) is 6.92 Å². The van der Waals surface area contributed by atoms with Crippen molar-refractivity contribution >= 4 is 16.9 Å². The number of nitrogens with zero attached hydrogens (tertiary/aromatic N) is 1. The van der Waals surface area contributed by atoms with Gasteiger partial charge in [0.25, 0.3) is 0 Å². The fourth-order valence-corrected chi connectivity index (χ4v) is 3.24. The van der Waals surface area contributed by atoms with Crippen LogP contribution in [0, 0.1) is 5.82 Å². The van der Waals surface area contributed by atoms with Crippen LogP contribution in [0.3, 0.4) is 0 Å². The molecule has 0 aliphatic heterocycles. The van der Waals surface area contributed by atoms with Crippen molar-refractivity contribution in [3.05, 3.63) is 53.0 Å². The summed E-state index contributed by atoms with van der Waals surface area (Å²) < 4.78 is 69.3. The third kappa shape index (κ3) is 5.49. The summed E-state index contributed by atoms with van der Waals surface area (Å²) in [5, 5.41) is 11.8. The number of carboxylic acids is 1. The summed E-state index contributed by atoms with van der Waals surface area (Å²) in [6.07, 6.45) is -3.41. The van der Waals surface area contributed by atoms with Gasteiger partial charge < -0.3 is 19.1 Å². The highest BCUT2D eigenvalue weighted by Crippen LogP contribution is 2.38. The average Bonchev–Trinajstić information content (AvgIpc) is 3.15. The minimum atomic E-state index is -4.62. The lowest BCUT2D eigenvalue weighted by Crippen LogP contribution is -2.08. The van der Waals surface area contributed by atoms with Gasteiger partial charge in [0.15, 0.2) is 22.8 Å². The van der Waals surface area contributed by atoms with Crippen molar-refractivity contribution in [3.63, 3.8) is 0 Å². The van der Waals surface area contributed by atoms with Crippen LogP contribution in [0.4, 0.5) is 17.6 Å². The molecule has 0 fully saturated rings. The van der Waals surface area contributed by atoms with Gasteiger partial charge in [-0.2, -0.15) is 13.2 Å². The highest BCUT2D eigenvalue weighted by Gasteiger charge is 2.37. The zero-order valence-corrected chi connectivity index (χ0v) is 17.2. The Kier molecular flexibility index (Phi) is 7.22. The fourth-order valence-electron chi connectivity index (χ4n) is 3.24. The average molecular weight is 455 g/mol. The number of carboxylic acid groups (broad SMARTS) is 1. The number of ether oxygens (including phenoxy) is 2. The second kappa shape index (κ2) is 9.88. The summed E-state index contributed by atoms with van der Waals surface area (Å²) in [6.45, 7) is 2.19. The van der Waals surface area contributed by atoms with Crippen LogP contribution in [0.5, 0.6) is 11.5 Å². The SMILES string of the molecule is CCCc1c(OCCCOc2ccc(CC(=O)O)cc2F)ccc2c(C(F)(F)F)noc12. The Hall–Kier alpha value is -3.30. The molecule has 0 radical (unpaired) electrons. The van der Waals surface area contributed by atoms with Crippen LogP contribution in [0.1, 0.15) is 36.6 Å². The van der Waals surface area contributed by atoms with Crippen LogP contribution >= 0.6 is 0 Å². The molecule has 0 atom stereocenters. The number of aliphatic carboxylic acids is 1. The molecule has 6 nitrogen and oxygen atoms in total. The molecule has 0 saturated carbocycles. The molecule has 3 aromatic rings. The van der Waals surface area contributed by atoms with E-state index in [0.29, 0.717) is 36.1 Å². The lowest BCUT2D eigenvalue weighted by Gasteiger charge is -2.12. The Balaban J connectivity index is 1.60. The quantitative estimate of drug-likeness (QED) is 0.325. The van der Waals surface area contributed by atoms with E-state index in [0.717, 1.165) is 6.07 Å². The maximum Gasteiger partial charge on any atom is 0.437 e. The summed E-state index contributed by atoms with van der Waals surface area (Å²) in [4.78, 5) is 10.7. The van der Waals surface area contributed by atoms with E-state index in [2.05, 4.69) is 5.16 Å². The van der Waals surface area contributed by atoms with E-state index in [-0.39, 0.29) is 36.4 Å². The van der Waals surface area contributed by atoms with E-state index in [9.17, 15) is 22.4 Å². The molecule has 1 N–H and O–H groups in total. The summed E-state index contributed by atoms with van der Waals surface area (Å²) in [7, 11) is 0. The summed E-state index contributed by atoms with van der Waals surface area (Å²) in [5.41, 5.74) is -0.183. The molecule has 3 rings (SSSR count). The third-order valence-electron chi connectivity index (χ3n) is 4.62. The number of hydrogen-bond donors (Lipinski definition) is 1. The summed E-state index contributed by atoms with van der Waals surface area (Å²) >= 11 is 0. The van der Waals surface area contributed by atoms with Gasteiger partial charge in [0.1, 0.15) is 5.75 Å². The number of aromatic nitrogens is 1. The monoisotopic (exact) mass is 455 g/mol. The molecule has 1 heterocycles. The smallest absolute Gasteiger partial charge is 0.437 e. The van der Waals surface area contributed by atoms with Crippen molar-refractivity contribution in [2.45, 2.75) is 38.8 Å². The molecular formula is C22H21F4NO5. The second-order valence-electron chi connectivity index (χ2n) is 7.08. The standard InChI is InChI=1S/C22H21F4NO5/c1-2-4-14-17(8-6-15-20(14)32-27-21(15)22(24,25)26)30-9-3-10-31-18-7-5-13(11-16(18)23)12-19(28)29/h5-8,11H,2-4,9-10,12H2,1H3,(H,28,29). The first-order valence-electron chi connectivity index (χ1n) is 9.95. The molecule has 0 amide bonds. The van der Waals surface area contributed by atoms with E-state index >= 15 is 0 Å². The number of alkyl halides is 3. The van der Waals surface area contributed by atoms with Gasteiger partial charge in [0.2, 0.25) is 0 Å². The second-order valence-corrected chi connectivity index (χ2v) is 7.08. The van der Waals surface area contributed by atoms with E-state index in [4.69, 9.17) is 19.1 Å². The van der Waals surface area contributed by atoms with Gasteiger partial charge in [-0.25, -0.2) is 4.39 Å². The topological polar surface area (TPSA) is 81.8 Å². The predicted octanol–water partition coefficient (Wildman–Crippen LogP) is 5.41. The van der Waals surface area contributed by atoms with E-state index in [1.165, 1.54) is 24.3 Å².